The van der Waals surface area contributed by atoms with Gasteiger partial charge in [0.15, 0.2) is 0 Å². The van der Waals surface area contributed by atoms with Crippen LogP contribution in [0.1, 0.15) is 36.2 Å². The molecule has 0 spiro atoms. The van der Waals surface area contributed by atoms with Crippen molar-refractivity contribution in [3.63, 3.8) is 0 Å². The molecule has 2 aromatic carbocycles. The molecule has 0 aliphatic rings. The lowest BCUT2D eigenvalue weighted by Crippen LogP contribution is -2.13. The second-order valence-electron chi connectivity index (χ2n) is 5.83. The van der Waals surface area contributed by atoms with E-state index in [0.29, 0.717) is 42.6 Å². The van der Waals surface area contributed by atoms with Crippen LogP contribution in [0.15, 0.2) is 36.4 Å². The van der Waals surface area contributed by atoms with Crippen molar-refractivity contribution in [1.29, 1.82) is 0 Å². The van der Waals surface area contributed by atoms with E-state index in [4.69, 9.17) is 18.9 Å². The number of rotatable bonds is 10. The van der Waals surface area contributed by atoms with Gasteiger partial charge in [-0.15, -0.1) is 0 Å². The Bertz CT molecular complexity index is 760. The molecule has 146 valence electrons. The lowest BCUT2D eigenvalue weighted by Gasteiger charge is -2.14. The summed E-state index contributed by atoms with van der Waals surface area (Å²) in [6, 6.07) is 10.6. The minimum absolute atomic E-state index is 0.249. The van der Waals surface area contributed by atoms with Crippen LogP contribution in [-0.4, -0.2) is 33.3 Å². The second-order valence-corrected chi connectivity index (χ2v) is 5.83. The molecule has 0 heterocycles. The summed E-state index contributed by atoms with van der Waals surface area (Å²) in [5, 5.41) is 2.87. The fourth-order valence-electron chi connectivity index (χ4n) is 2.56. The predicted octanol–water partition coefficient (Wildman–Crippen LogP) is 4.28. The lowest BCUT2D eigenvalue weighted by molar-refractivity contribution is 0.102. The van der Waals surface area contributed by atoms with Gasteiger partial charge in [-0.2, -0.15) is 0 Å². The van der Waals surface area contributed by atoms with Crippen molar-refractivity contribution in [2.75, 3.05) is 32.8 Å². The Morgan fingerprint density at radius 1 is 1.00 bits per heavy atom. The molecule has 6 heteroatoms. The molecular formula is C21H27NO5. The maximum absolute atomic E-state index is 12.7. The number of nitrogens with one attached hydrogen (secondary N) is 1. The Morgan fingerprint density at radius 2 is 1.78 bits per heavy atom. The molecule has 0 bridgehead atoms. The minimum Gasteiger partial charge on any atom is -0.497 e. The molecule has 6 nitrogen and oxygen atoms in total. The Balaban J connectivity index is 2.24. The summed E-state index contributed by atoms with van der Waals surface area (Å²) >= 11 is 0. The van der Waals surface area contributed by atoms with Crippen LogP contribution in [0.2, 0.25) is 0 Å². The third-order valence-electron chi connectivity index (χ3n) is 3.88. The Labute approximate surface area is 160 Å². The Morgan fingerprint density at radius 3 is 2.44 bits per heavy atom. The smallest absolute Gasteiger partial charge is 0.255 e. The first-order valence-corrected chi connectivity index (χ1v) is 8.99. The van der Waals surface area contributed by atoms with Gasteiger partial charge >= 0.3 is 0 Å². The largest absolute Gasteiger partial charge is 0.497 e. The number of carbonyl (C=O) groups is 1. The average Bonchev–Trinajstić information content (AvgIpc) is 2.69. The average molecular weight is 373 g/mol. The number of benzene rings is 2. The van der Waals surface area contributed by atoms with Gasteiger partial charge in [-0.1, -0.05) is 6.92 Å². The van der Waals surface area contributed by atoms with E-state index in [1.54, 1.807) is 50.6 Å². The van der Waals surface area contributed by atoms with E-state index < -0.39 is 0 Å². The van der Waals surface area contributed by atoms with Crippen LogP contribution in [0.25, 0.3) is 0 Å². The van der Waals surface area contributed by atoms with Crippen LogP contribution >= 0.6 is 0 Å². The van der Waals surface area contributed by atoms with Crippen LogP contribution < -0.4 is 19.5 Å². The quantitative estimate of drug-likeness (QED) is 0.630. The van der Waals surface area contributed by atoms with Crippen LogP contribution in [0, 0.1) is 0 Å². The SMILES string of the molecule is CCCOCc1cc(C(=O)Nc2cc(OC)ccc2OC)ccc1OCC. The summed E-state index contributed by atoms with van der Waals surface area (Å²) < 4.78 is 21.8. The highest BCUT2D eigenvalue weighted by atomic mass is 16.5. The van der Waals surface area contributed by atoms with Crippen molar-refractivity contribution < 1.29 is 23.7 Å². The predicted molar refractivity (Wildman–Crippen MR) is 105 cm³/mol. The highest BCUT2D eigenvalue weighted by molar-refractivity contribution is 6.05. The Kier molecular flexibility index (Phi) is 7.95. The van der Waals surface area contributed by atoms with Crippen molar-refractivity contribution in [1.82, 2.24) is 0 Å². The molecule has 2 aromatic rings. The van der Waals surface area contributed by atoms with Crippen molar-refractivity contribution >= 4 is 11.6 Å². The van der Waals surface area contributed by atoms with Gasteiger partial charge in [0.05, 0.1) is 33.1 Å². The Hall–Kier alpha value is -2.73. The summed E-state index contributed by atoms with van der Waals surface area (Å²) in [5.41, 5.74) is 1.90. The summed E-state index contributed by atoms with van der Waals surface area (Å²) in [7, 11) is 3.12. The first-order chi connectivity index (χ1) is 13.1. The highest BCUT2D eigenvalue weighted by Crippen LogP contribution is 2.30. The second kappa shape index (κ2) is 10.4. The van der Waals surface area contributed by atoms with Crippen molar-refractivity contribution in [2.45, 2.75) is 26.9 Å². The molecule has 0 aliphatic carbocycles. The molecule has 0 fully saturated rings. The zero-order chi connectivity index (χ0) is 19.6. The molecule has 0 atom stereocenters. The van der Waals surface area contributed by atoms with E-state index in [-0.39, 0.29) is 5.91 Å². The molecule has 0 aliphatic heterocycles. The van der Waals surface area contributed by atoms with Crippen LogP contribution in [0.5, 0.6) is 17.2 Å². The van der Waals surface area contributed by atoms with Gasteiger partial charge in [0.1, 0.15) is 17.2 Å². The van der Waals surface area contributed by atoms with E-state index in [0.717, 1.165) is 17.7 Å². The van der Waals surface area contributed by atoms with Gasteiger partial charge in [-0.25, -0.2) is 0 Å². The summed E-state index contributed by atoms with van der Waals surface area (Å²) in [6.45, 7) is 5.57. The number of anilines is 1. The monoisotopic (exact) mass is 373 g/mol. The molecule has 1 amide bonds. The van der Waals surface area contributed by atoms with Gasteiger partial charge in [-0.3, -0.25) is 4.79 Å². The summed E-state index contributed by atoms with van der Waals surface area (Å²) in [6.07, 6.45) is 0.930. The number of methoxy groups -OCH3 is 2. The zero-order valence-electron chi connectivity index (χ0n) is 16.3. The third-order valence-corrected chi connectivity index (χ3v) is 3.88. The van der Waals surface area contributed by atoms with Gasteiger partial charge < -0.3 is 24.3 Å². The van der Waals surface area contributed by atoms with Crippen LogP contribution in [-0.2, 0) is 11.3 Å². The maximum atomic E-state index is 12.7. The van der Waals surface area contributed by atoms with Gasteiger partial charge in [-0.05, 0) is 43.7 Å². The van der Waals surface area contributed by atoms with Crippen LogP contribution in [0.3, 0.4) is 0 Å². The summed E-state index contributed by atoms with van der Waals surface area (Å²) in [4.78, 5) is 12.7. The van der Waals surface area contributed by atoms with Crippen molar-refractivity contribution in [3.8, 4) is 17.2 Å². The van der Waals surface area contributed by atoms with Gasteiger partial charge in [0, 0.05) is 23.8 Å². The molecular weight excluding hydrogens is 346 g/mol. The van der Waals surface area contributed by atoms with Crippen molar-refractivity contribution in [2.24, 2.45) is 0 Å². The standard InChI is InChI=1S/C21H27NO5/c1-5-11-26-14-16-12-15(7-9-19(16)27-6-2)21(23)22-18-13-17(24-3)8-10-20(18)25-4/h7-10,12-13H,5-6,11,14H2,1-4H3,(H,22,23). The molecule has 1 N–H and O–H groups in total. The topological polar surface area (TPSA) is 66.0 Å². The van der Waals surface area contributed by atoms with E-state index in [1.165, 1.54) is 0 Å². The molecule has 0 saturated heterocycles. The van der Waals surface area contributed by atoms with Crippen LogP contribution in [0.4, 0.5) is 5.69 Å². The maximum Gasteiger partial charge on any atom is 0.255 e. The first kappa shape index (κ1) is 20.6. The van der Waals surface area contributed by atoms with E-state index in [1.807, 2.05) is 6.92 Å². The molecule has 0 unspecified atom stereocenters. The zero-order valence-corrected chi connectivity index (χ0v) is 16.3. The van der Waals surface area contributed by atoms with E-state index in [9.17, 15) is 4.79 Å². The van der Waals surface area contributed by atoms with Crippen molar-refractivity contribution in [3.05, 3.63) is 47.5 Å². The van der Waals surface area contributed by atoms with Gasteiger partial charge in [0.2, 0.25) is 0 Å². The van der Waals surface area contributed by atoms with E-state index in [2.05, 4.69) is 12.2 Å². The molecule has 2 rings (SSSR count). The lowest BCUT2D eigenvalue weighted by atomic mass is 10.1. The molecule has 0 saturated carbocycles. The van der Waals surface area contributed by atoms with Gasteiger partial charge in [0.25, 0.3) is 5.91 Å². The number of carbonyl (C=O) groups excluding carboxylic acids is 1. The number of hydrogen-bond donors (Lipinski definition) is 1. The third kappa shape index (κ3) is 5.62. The minimum atomic E-state index is -0.249. The molecule has 27 heavy (non-hydrogen) atoms. The fourth-order valence-corrected chi connectivity index (χ4v) is 2.56. The number of hydrogen-bond acceptors (Lipinski definition) is 5. The first-order valence-electron chi connectivity index (χ1n) is 8.99. The van der Waals surface area contributed by atoms with E-state index >= 15 is 0 Å². The number of amides is 1. The summed E-state index contributed by atoms with van der Waals surface area (Å²) in [5.74, 6) is 1.67. The highest BCUT2D eigenvalue weighted by Gasteiger charge is 2.14. The molecule has 0 aromatic heterocycles. The number of ether oxygens (including phenoxy) is 4. The molecule has 0 radical (unpaired) electrons. The normalized spacial score (nSPS) is 10.4. The fraction of sp³-hybridized carbons (Fsp3) is 0.381.